The summed E-state index contributed by atoms with van der Waals surface area (Å²) < 4.78 is 14.9. The molecule has 0 saturated heterocycles. The predicted octanol–water partition coefficient (Wildman–Crippen LogP) is 3.53. The lowest BCUT2D eigenvalue weighted by Gasteiger charge is -2.12. The molecule has 3 N–H and O–H groups in total. The van der Waals surface area contributed by atoms with Crippen LogP contribution in [0.1, 0.15) is 57.2 Å². The number of methoxy groups -OCH3 is 1. The number of carbonyl (C=O) groups excluding carboxylic acids is 2. The lowest BCUT2D eigenvalue weighted by Crippen LogP contribution is -2.20. The van der Waals surface area contributed by atoms with E-state index in [2.05, 4.69) is 25.6 Å². The third-order valence-corrected chi connectivity index (χ3v) is 6.45. The minimum atomic E-state index is -0.606. The van der Waals surface area contributed by atoms with E-state index in [1.54, 1.807) is 22.9 Å². The Balaban J connectivity index is 1.41. The van der Waals surface area contributed by atoms with Crippen molar-refractivity contribution in [2.45, 2.75) is 46.2 Å². The zero-order chi connectivity index (χ0) is 28.2. The van der Waals surface area contributed by atoms with Gasteiger partial charge in [0.2, 0.25) is 23.6 Å². The number of anilines is 1. The Kier molecular flexibility index (Phi) is 7.58. The van der Waals surface area contributed by atoms with Crippen LogP contribution in [0, 0.1) is 6.92 Å². The molecule has 0 aliphatic heterocycles. The van der Waals surface area contributed by atoms with Gasteiger partial charge in [-0.2, -0.15) is 5.10 Å². The van der Waals surface area contributed by atoms with Gasteiger partial charge in [0.15, 0.2) is 0 Å². The third-order valence-electron chi connectivity index (χ3n) is 6.45. The number of hydrogen-bond acceptors (Lipinski definition) is 8. The summed E-state index contributed by atoms with van der Waals surface area (Å²) in [7, 11) is 1.50. The first-order valence-electron chi connectivity index (χ1n) is 12.9. The van der Waals surface area contributed by atoms with Crippen molar-refractivity contribution in [3.63, 3.8) is 0 Å². The monoisotopic (exact) mass is 542 g/mol. The standard InChI is InChI=1S/C28H30N8O4/c1-4-36-21(13-17(2)34-36)27(38)31-28-30-20-15-19(26(29)37)16-22(39-3)25(20)35(28)12-8-11-23-32-33-24(40-23)14-18-9-6-5-7-10-18/h5-7,9-10,13,15-16H,4,8,11-12,14H2,1-3H3,(H2,29,37)(H,30,31,38). The van der Waals surface area contributed by atoms with Crippen LogP contribution in [0.2, 0.25) is 0 Å². The van der Waals surface area contributed by atoms with E-state index in [1.807, 2.05) is 48.7 Å². The minimum absolute atomic E-state index is 0.253. The summed E-state index contributed by atoms with van der Waals surface area (Å²) in [6.07, 6.45) is 1.68. The van der Waals surface area contributed by atoms with Crippen molar-refractivity contribution in [3.05, 3.63) is 82.8 Å². The number of primary amides is 1. The Labute approximate surface area is 230 Å². The summed E-state index contributed by atoms with van der Waals surface area (Å²) in [6, 6.07) is 14.8. The molecule has 0 spiro atoms. The average Bonchev–Trinajstić information content (AvgIpc) is 3.65. The Morgan fingerprint density at radius 2 is 1.88 bits per heavy atom. The topological polar surface area (TPSA) is 156 Å². The number of benzene rings is 2. The summed E-state index contributed by atoms with van der Waals surface area (Å²) >= 11 is 0. The van der Waals surface area contributed by atoms with Gasteiger partial charge >= 0.3 is 0 Å². The molecule has 206 valence electrons. The highest BCUT2D eigenvalue weighted by atomic mass is 16.5. The fourth-order valence-corrected chi connectivity index (χ4v) is 4.60. The van der Waals surface area contributed by atoms with E-state index in [9.17, 15) is 9.59 Å². The first-order valence-corrected chi connectivity index (χ1v) is 12.9. The van der Waals surface area contributed by atoms with E-state index in [-0.39, 0.29) is 11.5 Å². The molecule has 0 aliphatic rings. The van der Waals surface area contributed by atoms with E-state index in [0.29, 0.717) is 72.6 Å². The number of fused-ring (bicyclic) bond motifs is 1. The lowest BCUT2D eigenvalue weighted by atomic mass is 10.1. The van der Waals surface area contributed by atoms with Crippen LogP contribution < -0.4 is 15.8 Å². The molecule has 0 unspecified atom stereocenters. The van der Waals surface area contributed by atoms with Crippen LogP contribution in [0.15, 0.2) is 52.9 Å². The third kappa shape index (κ3) is 5.55. The highest BCUT2D eigenvalue weighted by Crippen LogP contribution is 2.31. The van der Waals surface area contributed by atoms with Crippen molar-refractivity contribution in [2.24, 2.45) is 5.73 Å². The number of nitrogens with two attached hydrogens (primary N) is 1. The number of imidazole rings is 1. The normalized spacial score (nSPS) is 11.2. The summed E-state index contributed by atoms with van der Waals surface area (Å²) in [5.41, 5.74) is 9.11. The summed E-state index contributed by atoms with van der Waals surface area (Å²) in [6.45, 7) is 4.73. The van der Waals surface area contributed by atoms with Crippen molar-refractivity contribution >= 4 is 28.8 Å². The van der Waals surface area contributed by atoms with Gasteiger partial charge in [-0.3, -0.25) is 19.6 Å². The summed E-state index contributed by atoms with van der Waals surface area (Å²) in [5, 5.41) is 15.6. The number of ether oxygens (including phenoxy) is 1. The van der Waals surface area contributed by atoms with E-state index in [1.165, 1.54) is 7.11 Å². The molecule has 0 radical (unpaired) electrons. The van der Waals surface area contributed by atoms with Crippen molar-refractivity contribution in [1.29, 1.82) is 0 Å². The van der Waals surface area contributed by atoms with Crippen LogP contribution in [-0.2, 0) is 25.9 Å². The molecular weight excluding hydrogens is 512 g/mol. The van der Waals surface area contributed by atoms with Crippen LogP contribution in [-0.4, -0.2) is 48.5 Å². The molecule has 5 aromatic rings. The largest absolute Gasteiger partial charge is 0.494 e. The molecule has 12 heteroatoms. The predicted molar refractivity (Wildman–Crippen MR) is 147 cm³/mol. The first kappa shape index (κ1) is 26.6. The Morgan fingerprint density at radius 3 is 2.60 bits per heavy atom. The van der Waals surface area contributed by atoms with Crippen LogP contribution in [0.3, 0.4) is 0 Å². The molecule has 3 heterocycles. The maximum atomic E-state index is 13.2. The fraction of sp³-hybridized carbons (Fsp3) is 0.286. The van der Waals surface area contributed by atoms with E-state index >= 15 is 0 Å². The second-order valence-corrected chi connectivity index (χ2v) is 9.29. The second-order valence-electron chi connectivity index (χ2n) is 9.29. The summed E-state index contributed by atoms with van der Waals surface area (Å²) in [4.78, 5) is 29.8. The van der Waals surface area contributed by atoms with Gasteiger partial charge in [0.1, 0.15) is 17.0 Å². The zero-order valence-corrected chi connectivity index (χ0v) is 22.5. The van der Waals surface area contributed by atoms with Crippen LogP contribution in [0.4, 0.5) is 5.95 Å². The van der Waals surface area contributed by atoms with E-state index < -0.39 is 5.91 Å². The van der Waals surface area contributed by atoms with E-state index in [4.69, 9.17) is 14.9 Å². The highest BCUT2D eigenvalue weighted by Gasteiger charge is 2.21. The Bertz CT molecular complexity index is 1670. The maximum absolute atomic E-state index is 13.2. The number of hydrogen-bond donors (Lipinski definition) is 2. The minimum Gasteiger partial charge on any atom is -0.494 e. The van der Waals surface area contributed by atoms with Gasteiger partial charge in [-0.1, -0.05) is 30.3 Å². The molecular formula is C28H30N8O4. The smallest absolute Gasteiger partial charge is 0.276 e. The number of nitrogens with one attached hydrogen (secondary N) is 1. The molecule has 2 aromatic carbocycles. The highest BCUT2D eigenvalue weighted by molar-refractivity contribution is 6.04. The average molecular weight is 543 g/mol. The van der Waals surface area contributed by atoms with Crippen molar-refractivity contribution in [1.82, 2.24) is 29.5 Å². The van der Waals surface area contributed by atoms with Crippen LogP contribution >= 0.6 is 0 Å². The molecule has 0 atom stereocenters. The van der Waals surface area contributed by atoms with Gasteiger partial charge < -0.3 is 19.5 Å². The van der Waals surface area contributed by atoms with Gasteiger partial charge in [-0.05, 0) is 44.0 Å². The van der Waals surface area contributed by atoms with E-state index in [0.717, 1.165) is 11.3 Å². The van der Waals surface area contributed by atoms with Crippen LogP contribution in [0.5, 0.6) is 5.75 Å². The Hall–Kier alpha value is -5.00. The van der Waals surface area contributed by atoms with Gasteiger partial charge in [0.25, 0.3) is 5.91 Å². The number of aromatic nitrogens is 6. The molecule has 0 bridgehead atoms. The van der Waals surface area contributed by atoms with Crippen molar-refractivity contribution in [3.8, 4) is 5.75 Å². The number of carbonyl (C=O) groups is 2. The SMILES string of the molecule is CCn1nc(C)cc1C(=O)Nc1nc2cc(C(N)=O)cc(OC)c2n1CCCc1nnc(Cc2ccccc2)o1. The van der Waals surface area contributed by atoms with Gasteiger partial charge in [0.05, 0.1) is 24.7 Å². The summed E-state index contributed by atoms with van der Waals surface area (Å²) in [5.74, 6) is 0.825. The van der Waals surface area contributed by atoms with Crippen molar-refractivity contribution in [2.75, 3.05) is 12.4 Å². The molecule has 0 aliphatic carbocycles. The maximum Gasteiger partial charge on any atom is 0.276 e. The van der Waals surface area contributed by atoms with Gasteiger partial charge in [0, 0.05) is 25.1 Å². The lowest BCUT2D eigenvalue weighted by molar-refractivity contribution is 0.0995. The van der Waals surface area contributed by atoms with Crippen LogP contribution in [0.25, 0.3) is 11.0 Å². The second kappa shape index (κ2) is 11.4. The Morgan fingerprint density at radius 1 is 1.10 bits per heavy atom. The number of amides is 2. The number of nitrogens with zero attached hydrogens (tertiary/aromatic N) is 6. The molecule has 0 saturated carbocycles. The van der Waals surface area contributed by atoms with Gasteiger partial charge in [-0.15, -0.1) is 10.2 Å². The molecule has 0 fully saturated rings. The molecule has 12 nitrogen and oxygen atoms in total. The first-order chi connectivity index (χ1) is 19.4. The molecule has 5 rings (SSSR count). The number of rotatable bonds is 11. The van der Waals surface area contributed by atoms with Gasteiger partial charge in [-0.25, -0.2) is 4.98 Å². The zero-order valence-electron chi connectivity index (χ0n) is 22.5. The molecule has 40 heavy (non-hydrogen) atoms. The number of aryl methyl sites for hydroxylation is 4. The molecule has 2 amide bonds. The fourth-order valence-electron chi connectivity index (χ4n) is 4.60. The molecule has 3 aromatic heterocycles. The van der Waals surface area contributed by atoms with Crippen molar-refractivity contribution < 1.29 is 18.7 Å². The quantitative estimate of drug-likeness (QED) is 0.257.